The van der Waals surface area contributed by atoms with E-state index in [1.807, 2.05) is 29.3 Å². The van der Waals surface area contributed by atoms with Crippen molar-refractivity contribution >= 4 is 34.3 Å². The molecule has 1 aliphatic rings. The Bertz CT molecular complexity index is 1120. The van der Waals surface area contributed by atoms with Crippen molar-refractivity contribution in [2.24, 2.45) is 0 Å². The number of nitrogens with one attached hydrogen (secondary N) is 1. The second kappa shape index (κ2) is 10.4. The van der Waals surface area contributed by atoms with E-state index < -0.39 is 0 Å². The minimum Gasteiger partial charge on any atom is -0.390 e. The van der Waals surface area contributed by atoms with Crippen molar-refractivity contribution in [3.05, 3.63) is 42.2 Å². The molecule has 0 unspecified atom stereocenters. The molecule has 0 aliphatic carbocycles. The van der Waals surface area contributed by atoms with Gasteiger partial charge in [0.05, 0.1) is 6.61 Å². The number of rotatable bonds is 7. The SMILES string of the molecule is CCC(CC)n1c(CO)cc2cnc(Nc3ccc(N4CC[C@@H](C)N(C(C)=O)CC4)cc3)nc21. The van der Waals surface area contributed by atoms with E-state index in [-0.39, 0.29) is 24.6 Å². The van der Waals surface area contributed by atoms with Gasteiger partial charge in [0.25, 0.3) is 0 Å². The van der Waals surface area contributed by atoms with E-state index in [1.54, 1.807) is 6.92 Å². The third kappa shape index (κ3) is 4.87. The maximum atomic E-state index is 11.9. The van der Waals surface area contributed by atoms with E-state index in [9.17, 15) is 9.90 Å². The van der Waals surface area contributed by atoms with Gasteiger partial charge in [0.2, 0.25) is 11.9 Å². The molecule has 1 saturated heterocycles. The predicted molar refractivity (Wildman–Crippen MR) is 136 cm³/mol. The van der Waals surface area contributed by atoms with Gasteiger partial charge in [0.15, 0.2) is 0 Å². The Morgan fingerprint density at radius 2 is 1.91 bits per heavy atom. The van der Waals surface area contributed by atoms with Crippen LogP contribution >= 0.6 is 0 Å². The van der Waals surface area contributed by atoms with Crippen LogP contribution < -0.4 is 10.2 Å². The molecule has 0 spiro atoms. The zero-order chi connectivity index (χ0) is 24.2. The molecule has 0 bridgehead atoms. The van der Waals surface area contributed by atoms with Crippen LogP contribution in [-0.4, -0.2) is 56.1 Å². The first-order valence-electron chi connectivity index (χ1n) is 12.3. The van der Waals surface area contributed by atoms with Gasteiger partial charge >= 0.3 is 0 Å². The number of benzene rings is 1. The Morgan fingerprint density at radius 1 is 1.18 bits per heavy atom. The first-order chi connectivity index (χ1) is 16.4. The molecule has 2 aromatic heterocycles. The number of carbonyl (C=O) groups is 1. The van der Waals surface area contributed by atoms with Gasteiger partial charge in [-0.15, -0.1) is 0 Å². The van der Waals surface area contributed by atoms with E-state index in [0.29, 0.717) is 5.95 Å². The Balaban J connectivity index is 1.51. The summed E-state index contributed by atoms with van der Waals surface area (Å²) < 4.78 is 2.15. The van der Waals surface area contributed by atoms with Crippen LogP contribution in [0.5, 0.6) is 0 Å². The van der Waals surface area contributed by atoms with Crippen LogP contribution in [0.25, 0.3) is 11.0 Å². The number of aliphatic hydroxyl groups excluding tert-OH is 1. The summed E-state index contributed by atoms with van der Waals surface area (Å²) in [7, 11) is 0. The lowest BCUT2D eigenvalue weighted by Crippen LogP contribution is -2.38. The number of aromatic nitrogens is 3. The molecule has 8 nitrogen and oxygen atoms in total. The molecule has 3 aromatic rings. The summed E-state index contributed by atoms with van der Waals surface area (Å²) in [6.45, 7) is 10.6. The van der Waals surface area contributed by atoms with Crippen molar-refractivity contribution in [1.29, 1.82) is 0 Å². The first-order valence-corrected chi connectivity index (χ1v) is 12.3. The average Bonchev–Trinajstić information content (AvgIpc) is 3.08. The van der Waals surface area contributed by atoms with Crippen LogP contribution in [0.3, 0.4) is 0 Å². The van der Waals surface area contributed by atoms with Crippen molar-refractivity contribution in [3.63, 3.8) is 0 Å². The quantitative estimate of drug-likeness (QED) is 0.536. The lowest BCUT2D eigenvalue weighted by Gasteiger charge is -2.25. The molecular weight excluding hydrogens is 428 g/mol. The summed E-state index contributed by atoms with van der Waals surface area (Å²) in [6, 6.07) is 10.8. The van der Waals surface area contributed by atoms with Gasteiger partial charge in [-0.3, -0.25) is 4.79 Å². The van der Waals surface area contributed by atoms with E-state index in [2.05, 4.69) is 52.7 Å². The molecule has 0 radical (unpaired) electrons. The Kier molecular flexibility index (Phi) is 7.36. The Labute approximate surface area is 201 Å². The second-order valence-electron chi connectivity index (χ2n) is 9.12. The smallest absolute Gasteiger partial charge is 0.229 e. The van der Waals surface area contributed by atoms with Gasteiger partial charge in [-0.1, -0.05) is 13.8 Å². The molecule has 1 fully saturated rings. The normalized spacial score (nSPS) is 16.8. The summed E-state index contributed by atoms with van der Waals surface area (Å²) in [6.07, 6.45) is 4.72. The largest absolute Gasteiger partial charge is 0.390 e. The predicted octanol–water partition coefficient (Wildman–Crippen LogP) is 4.48. The molecule has 182 valence electrons. The summed E-state index contributed by atoms with van der Waals surface area (Å²) >= 11 is 0. The number of hydrogen-bond donors (Lipinski definition) is 2. The molecule has 34 heavy (non-hydrogen) atoms. The van der Waals surface area contributed by atoms with Crippen LogP contribution in [0.4, 0.5) is 17.3 Å². The topological polar surface area (TPSA) is 86.5 Å². The fourth-order valence-electron chi connectivity index (χ4n) is 4.98. The Hall–Kier alpha value is -3.13. The highest BCUT2D eigenvalue weighted by molar-refractivity contribution is 5.78. The molecule has 1 aromatic carbocycles. The van der Waals surface area contributed by atoms with Gasteiger partial charge in [-0.05, 0) is 56.5 Å². The molecular formula is C26H36N6O2. The second-order valence-corrected chi connectivity index (χ2v) is 9.12. The van der Waals surface area contributed by atoms with Crippen LogP contribution in [0.1, 0.15) is 58.7 Å². The van der Waals surface area contributed by atoms with Crippen LogP contribution in [-0.2, 0) is 11.4 Å². The number of aliphatic hydroxyl groups is 1. The molecule has 1 amide bonds. The Morgan fingerprint density at radius 3 is 2.56 bits per heavy atom. The third-order valence-corrected chi connectivity index (χ3v) is 6.98. The molecule has 0 saturated carbocycles. The van der Waals surface area contributed by atoms with Crippen molar-refractivity contribution in [2.45, 2.75) is 65.6 Å². The van der Waals surface area contributed by atoms with E-state index >= 15 is 0 Å². The lowest BCUT2D eigenvalue weighted by molar-refractivity contribution is -0.130. The van der Waals surface area contributed by atoms with Gasteiger partial charge in [0, 0.05) is 67.3 Å². The summed E-state index contributed by atoms with van der Waals surface area (Å²) in [5.74, 6) is 0.683. The molecule has 2 N–H and O–H groups in total. The van der Waals surface area contributed by atoms with Crippen molar-refractivity contribution in [1.82, 2.24) is 19.4 Å². The van der Waals surface area contributed by atoms with Crippen LogP contribution in [0, 0.1) is 0 Å². The maximum Gasteiger partial charge on any atom is 0.229 e. The van der Waals surface area contributed by atoms with E-state index in [0.717, 1.165) is 67.0 Å². The third-order valence-electron chi connectivity index (χ3n) is 6.98. The average molecular weight is 465 g/mol. The van der Waals surface area contributed by atoms with Gasteiger partial charge < -0.3 is 24.8 Å². The number of amides is 1. The number of carbonyl (C=O) groups excluding carboxylic acids is 1. The number of fused-ring (bicyclic) bond motifs is 1. The minimum absolute atomic E-state index is 0.0173. The fourth-order valence-corrected chi connectivity index (χ4v) is 4.98. The van der Waals surface area contributed by atoms with Crippen LogP contribution in [0.15, 0.2) is 36.5 Å². The molecule has 1 atom stereocenters. The standard InChI is InChI=1S/C26H36N6O2/c1-5-22(6-2)32-24(17-33)15-20-16-27-26(29-25(20)32)28-21-7-9-23(10-8-21)30-12-11-18(3)31(14-13-30)19(4)34/h7-10,15-16,18,22,33H,5-6,11-14,17H2,1-4H3,(H,27,28,29)/t18-/m1/s1. The highest BCUT2D eigenvalue weighted by Crippen LogP contribution is 2.28. The molecule has 1 aliphatic heterocycles. The molecule has 4 rings (SSSR count). The zero-order valence-electron chi connectivity index (χ0n) is 20.7. The van der Waals surface area contributed by atoms with Gasteiger partial charge in [-0.25, -0.2) is 4.98 Å². The summed E-state index contributed by atoms with van der Waals surface area (Å²) in [5.41, 5.74) is 3.78. The summed E-state index contributed by atoms with van der Waals surface area (Å²) in [5, 5.41) is 14.1. The number of nitrogens with zero attached hydrogens (tertiary/aromatic N) is 5. The fraction of sp³-hybridized carbons (Fsp3) is 0.500. The molecule has 8 heteroatoms. The van der Waals surface area contributed by atoms with E-state index in [4.69, 9.17) is 4.98 Å². The first kappa shape index (κ1) is 24.0. The van der Waals surface area contributed by atoms with Crippen LogP contribution in [0.2, 0.25) is 0 Å². The lowest BCUT2D eigenvalue weighted by atomic mass is 10.1. The number of anilines is 3. The minimum atomic E-state index is -0.0173. The maximum absolute atomic E-state index is 11.9. The summed E-state index contributed by atoms with van der Waals surface area (Å²) in [4.78, 5) is 25.5. The highest BCUT2D eigenvalue weighted by Gasteiger charge is 2.23. The number of hydrogen-bond acceptors (Lipinski definition) is 6. The van der Waals surface area contributed by atoms with E-state index in [1.165, 1.54) is 0 Å². The van der Waals surface area contributed by atoms with Gasteiger partial charge in [0.1, 0.15) is 5.65 Å². The van der Waals surface area contributed by atoms with Crippen molar-refractivity contribution in [2.75, 3.05) is 29.9 Å². The van der Waals surface area contributed by atoms with Gasteiger partial charge in [-0.2, -0.15) is 4.98 Å². The van der Waals surface area contributed by atoms with Crippen molar-refractivity contribution in [3.8, 4) is 0 Å². The van der Waals surface area contributed by atoms with Crippen molar-refractivity contribution < 1.29 is 9.90 Å². The monoisotopic (exact) mass is 464 g/mol. The highest BCUT2D eigenvalue weighted by atomic mass is 16.3. The molecule has 3 heterocycles. The zero-order valence-corrected chi connectivity index (χ0v) is 20.7.